The lowest BCUT2D eigenvalue weighted by atomic mass is 10.00. The van der Waals surface area contributed by atoms with Gasteiger partial charge in [-0.25, -0.2) is 0 Å². The number of hydroxylamine groups is 2. The molecular formula is C6H10N2O2. The Morgan fingerprint density at radius 2 is 2.50 bits per heavy atom. The number of hydrogen-bond acceptors (Lipinski definition) is 2. The Morgan fingerprint density at radius 3 is 2.70 bits per heavy atom. The fraction of sp³-hybridized carbons (Fsp3) is 0.500. The summed E-state index contributed by atoms with van der Waals surface area (Å²) in [6.07, 6.45) is 3.53. The number of carbonyl (C=O) groups is 1. The van der Waals surface area contributed by atoms with Crippen LogP contribution in [0.25, 0.3) is 0 Å². The largest absolute Gasteiger partial charge is 0.629 e. The molecule has 1 heterocycles. The molecule has 0 fully saturated rings. The molecule has 1 aliphatic rings. The van der Waals surface area contributed by atoms with Gasteiger partial charge in [0.2, 0.25) is 0 Å². The molecular weight excluding hydrogens is 132 g/mol. The first kappa shape index (κ1) is 7.24. The minimum absolute atomic E-state index is 0.181. The molecule has 1 rings (SSSR count). The standard InChI is InChI=1S/C6H10N2O2/c1-6(5(7)9)3-2-4-8(6)10/h2,4,8H,3H2,1H3,(H2,7,9). The van der Waals surface area contributed by atoms with E-state index in [1.165, 1.54) is 6.20 Å². The zero-order valence-electron chi connectivity index (χ0n) is 5.76. The second-order valence-corrected chi connectivity index (χ2v) is 2.67. The van der Waals surface area contributed by atoms with Crippen LogP contribution in [0, 0.1) is 5.21 Å². The molecule has 1 aliphatic heterocycles. The maximum absolute atomic E-state index is 10.9. The lowest BCUT2D eigenvalue weighted by Gasteiger charge is -2.30. The van der Waals surface area contributed by atoms with Gasteiger partial charge >= 0.3 is 0 Å². The predicted octanol–water partition coefficient (Wildman–Crippen LogP) is -1.47. The number of hydrogen-bond donors (Lipinski definition) is 2. The Kier molecular flexibility index (Phi) is 1.50. The van der Waals surface area contributed by atoms with Crippen LogP contribution in [-0.4, -0.2) is 11.4 Å². The van der Waals surface area contributed by atoms with Crippen LogP contribution < -0.4 is 10.8 Å². The number of primary amides is 1. The monoisotopic (exact) mass is 142 g/mol. The normalized spacial score (nSPS) is 38.4. The maximum atomic E-state index is 10.9. The van der Waals surface area contributed by atoms with Crippen molar-refractivity contribution in [3.8, 4) is 0 Å². The van der Waals surface area contributed by atoms with Crippen molar-refractivity contribution < 1.29 is 9.86 Å². The average Bonchev–Trinajstić information content (AvgIpc) is 2.15. The number of rotatable bonds is 1. The van der Waals surface area contributed by atoms with Crippen LogP contribution in [0.1, 0.15) is 13.3 Å². The highest BCUT2D eigenvalue weighted by Gasteiger charge is 2.39. The van der Waals surface area contributed by atoms with Crippen LogP contribution >= 0.6 is 0 Å². The smallest absolute Gasteiger partial charge is 0.279 e. The fourth-order valence-corrected chi connectivity index (χ4v) is 0.908. The van der Waals surface area contributed by atoms with Gasteiger partial charge in [-0.05, 0) is 6.08 Å². The lowest BCUT2D eigenvalue weighted by molar-refractivity contribution is -0.831. The summed E-state index contributed by atoms with van der Waals surface area (Å²) in [6.45, 7) is 1.57. The highest BCUT2D eigenvalue weighted by Crippen LogP contribution is 2.08. The molecule has 3 N–H and O–H groups in total. The Labute approximate surface area is 58.9 Å². The van der Waals surface area contributed by atoms with Crippen molar-refractivity contribution >= 4 is 5.91 Å². The van der Waals surface area contributed by atoms with E-state index in [-0.39, 0.29) is 5.06 Å². The van der Waals surface area contributed by atoms with Crippen LogP contribution in [0.5, 0.6) is 0 Å². The first-order chi connectivity index (χ1) is 4.57. The molecule has 0 spiro atoms. The van der Waals surface area contributed by atoms with E-state index < -0.39 is 11.4 Å². The van der Waals surface area contributed by atoms with Crippen molar-refractivity contribution in [1.29, 1.82) is 0 Å². The number of nitrogens with one attached hydrogen (secondary N) is 1. The molecule has 0 aromatic rings. The highest BCUT2D eigenvalue weighted by molar-refractivity contribution is 5.83. The Hall–Kier alpha value is -0.870. The van der Waals surface area contributed by atoms with E-state index in [4.69, 9.17) is 5.73 Å². The highest BCUT2D eigenvalue weighted by atomic mass is 16.5. The summed E-state index contributed by atoms with van der Waals surface area (Å²) in [4.78, 5) is 10.7. The molecule has 4 nitrogen and oxygen atoms in total. The molecule has 0 saturated carbocycles. The van der Waals surface area contributed by atoms with E-state index in [2.05, 4.69) is 0 Å². The van der Waals surface area contributed by atoms with Crippen LogP contribution in [0.15, 0.2) is 12.3 Å². The summed E-state index contributed by atoms with van der Waals surface area (Å²) in [5.41, 5.74) is 4.06. The molecule has 2 unspecified atom stereocenters. The number of quaternary nitrogens is 1. The molecule has 4 heteroatoms. The third-order valence-electron chi connectivity index (χ3n) is 1.88. The predicted molar refractivity (Wildman–Crippen MR) is 35.7 cm³/mol. The van der Waals surface area contributed by atoms with Crippen LogP contribution in [0.4, 0.5) is 0 Å². The second kappa shape index (κ2) is 2.07. The van der Waals surface area contributed by atoms with Gasteiger partial charge in [0.15, 0.2) is 5.54 Å². The molecule has 0 aromatic carbocycles. The van der Waals surface area contributed by atoms with E-state index in [1.54, 1.807) is 13.0 Å². The van der Waals surface area contributed by atoms with E-state index in [0.29, 0.717) is 6.42 Å². The van der Waals surface area contributed by atoms with Crippen molar-refractivity contribution in [3.63, 3.8) is 0 Å². The topological polar surface area (TPSA) is 70.6 Å². The van der Waals surface area contributed by atoms with Crippen molar-refractivity contribution in [1.82, 2.24) is 0 Å². The minimum Gasteiger partial charge on any atom is -0.629 e. The van der Waals surface area contributed by atoms with E-state index in [1.807, 2.05) is 0 Å². The van der Waals surface area contributed by atoms with Crippen LogP contribution in [-0.2, 0) is 4.79 Å². The van der Waals surface area contributed by atoms with Gasteiger partial charge < -0.3 is 16.0 Å². The van der Waals surface area contributed by atoms with Gasteiger partial charge in [0, 0.05) is 13.3 Å². The summed E-state index contributed by atoms with van der Waals surface area (Å²) in [5.74, 6) is -0.539. The van der Waals surface area contributed by atoms with Gasteiger partial charge in [0.25, 0.3) is 5.91 Å². The van der Waals surface area contributed by atoms with E-state index in [0.717, 1.165) is 0 Å². The number of amides is 1. The van der Waals surface area contributed by atoms with E-state index in [9.17, 15) is 10.0 Å². The third kappa shape index (κ3) is 0.815. The fourth-order valence-electron chi connectivity index (χ4n) is 0.908. The van der Waals surface area contributed by atoms with Crippen LogP contribution in [0.3, 0.4) is 0 Å². The molecule has 10 heavy (non-hydrogen) atoms. The Bertz CT molecular complexity index is 190. The Morgan fingerprint density at radius 1 is 1.90 bits per heavy atom. The van der Waals surface area contributed by atoms with Gasteiger partial charge in [-0.2, -0.15) is 0 Å². The molecule has 0 radical (unpaired) electrons. The summed E-state index contributed by atoms with van der Waals surface area (Å²) >= 11 is 0. The SMILES string of the molecule is CC1(C(N)=O)CC=C[NH+]1[O-]. The minimum atomic E-state index is -0.958. The first-order valence-electron chi connectivity index (χ1n) is 3.08. The first-order valence-corrected chi connectivity index (χ1v) is 3.08. The quantitative estimate of drug-likeness (QED) is 0.439. The zero-order valence-corrected chi connectivity index (χ0v) is 5.76. The molecule has 1 amide bonds. The second-order valence-electron chi connectivity index (χ2n) is 2.67. The van der Waals surface area contributed by atoms with Gasteiger partial charge in [-0.3, -0.25) is 4.79 Å². The average molecular weight is 142 g/mol. The molecule has 0 bridgehead atoms. The molecule has 0 saturated heterocycles. The zero-order chi connectivity index (χ0) is 7.78. The van der Waals surface area contributed by atoms with Crippen molar-refractivity contribution in [2.24, 2.45) is 5.73 Å². The molecule has 0 aliphatic carbocycles. The van der Waals surface area contributed by atoms with Gasteiger partial charge in [-0.15, -0.1) is 0 Å². The Balaban J connectivity index is 2.80. The maximum Gasteiger partial charge on any atom is 0.279 e. The number of carbonyl (C=O) groups excluding carboxylic acids is 1. The van der Waals surface area contributed by atoms with Crippen LogP contribution in [0.2, 0.25) is 0 Å². The summed E-state index contributed by atoms with van der Waals surface area (Å²) in [5, 5.41) is 10.8. The number of nitrogens with two attached hydrogens (primary N) is 1. The van der Waals surface area contributed by atoms with E-state index >= 15 is 0 Å². The van der Waals surface area contributed by atoms with Crippen molar-refractivity contribution in [3.05, 3.63) is 17.5 Å². The van der Waals surface area contributed by atoms with Gasteiger partial charge in [0.1, 0.15) is 0 Å². The summed E-state index contributed by atoms with van der Waals surface area (Å²) in [7, 11) is 0. The van der Waals surface area contributed by atoms with Gasteiger partial charge in [-0.1, -0.05) is 0 Å². The third-order valence-corrected chi connectivity index (χ3v) is 1.88. The lowest BCUT2D eigenvalue weighted by Crippen LogP contribution is -3.12. The summed E-state index contributed by atoms with van der Waals surface area (Å²) < 4.78 is 0. The van der Waals surface area contributed by atoms with Gasteiger partial charge in [0.05, 0.1) is 6.20 Å². The summed E-state index contributed by atoms with van der Waals surface area (Å²) in [6, 6.07) is 0. The molecule has 2 atom stereocenters. The molecule has 0 aromatic heterocycles. The molecule has 56 valence electrons. The van der Waals surface area contributed by atoms with Crippen molar-refractivity contribution in [2.45, 2.75) is 18.9 Å². The van der Waals surface area contributed by atoms with Crippen molar-refractivity contribution in [2.75, 3.05) is 0 Å².